The second kappa shape index (κ2) is 6.35. The first-order valence-electron chi connectivity index (χ1n) is 6.94. The lowest BCUT2D eigenvalue weighted by Crippen LogP contribution is -2.24. The zero-order valence-corrected chi connectivity index (χ0v) is 12.6. The molecule has 0 aliphatic heterocycles. The average molecular weight is 287 g/mol. The number of hydrogen-bond acceptors (Lipinski definition) is 4. The van der Waals surface area contributed by atoms with Gasteiger partial charge in [-0.05, 0) is 38.1 Å². The summed E-state index contributed by atoms with van der Waals surface area (Å²) in [6.45, 7) is 5.09. The number of anilines is 2. The Morgan fingerprint density at radius 2 is 2.14 bits per heavy atom. The highest BCUT2D eigenvalue weighted by atomic mass is 16.3. The van der Waals surface area contributed by atoms with Gasteiger partial charge in [-0.1, -0.05) is 0 Å². The third kappa shape index (κ3) is 3.37. The lowest BCUT2D eigenvalue weighted by Gasteiger charge is -2.21. The number of rotatable bonds is 5. The Kier molecular flexibility index (Phi) is 4.52. The van der Waals surface area contributed by atoms with Crippen LogP contribution in [-0.2, 0) is 6.54 Å². The van der Waals surface area contributed by atoms with Gasteiger partial charge in [0.05, 0.1) is 17.6 Å². The van der Waals surface area contributed by atoms with Crippen LogP contribution in [0.1, 0.15) is 28.6 Å². The quantitative estimate of drug-likeness (QED) is 0.829. The molecule has 0 atom stereocenters. The van der Waals surface area contributed by atoms with Crippen molar-refractivity contribution in [1.29, 1.82) is 0 Å². The molecule has 0 unspecified atom stereocenters. The van der Waals surface area contributed by atoms with Crippen LogP contribution in [0.2, 0.25) is 0 Å². The predicted octanol–water partition coefficient (Wildman–Crippen LogP) is 2.56. The van der Waals surface area contributed by atoms with E-state index in [0.29, 0.717) is 24.3 Å². The maximum Gasteiger partial charge on any atom is 0.251 e. The molecule has 5 nitrogen and oxygen atoms in total. The number of nitrogen functional groups attached to an aromatic ring is 1. The topological polar surface area (TPSA) is 71.5 Å². The van der Waals surface area contributed by atoms with E-state index < -0.39 is 0 Å². The van der Waals surface area contributed by atoms with Crippen LogP contribution >= 0.6 is 0 Å². The molecule has 0 saturated carbocycles. The summed E-state index contributed by atoms with van der Waals surface area (Å²) >= 11 is 0. The summed E-state index contributed by atoms with van der Waals surface area (Å²) in [5, 5.41) is 2.79. The lowest BCUT2D eigenvalue weighted by atomic mass is 10.1. The lowest BCUT2D eigenvalue weighted by molar-refractivity contribution is 0.0956. The van der Waals surface area contributed by atoms with Gasteiger partial charge < -0.3 is 20.4 Å². The van der Waals surface area contributed by atoms with Gasteiger partial charge >= 0.3 is 0 Å². The molecule has 0 aliphatic carbocycles. The van der Waals surface area contributed by atoms with Gasteiger partial charge in [0.15, 0.2) is 0 Å². The highest BCUT2D eigenvalue weighted by Crippen LogP contribution is 2.26. The Morgan fingerprint density at radius 1 is 1.38 bits per heavy atom. The molecule has 0 bridgehead atoms. The van der Waals surface area contributed by atoms with Crippen molar-refractivity contribution in [2.24, 2.45) is 0 Å². The summed E-state index contributed by atoms with van der Waals surface area (Å²) in [6, 6.07) is 7.25. The third-order valence-corrected chi connectivity index (χ3v) is 3.41. The first kappa shape index (κ1) is 15.0. The van der Waals surface area contributed by atoms with E-state index >= 15 is 0 Å². The zero-order valence-electron chi connectivity index (χ0n) is 12.6. The van der Waals surface area contributed by atoms with E-state index in [1.165, 1.54) is 0 Å². The molecular weight excluding hydrogens is 266 g/mol. The molecule has 0 radical (unpaired) electrons. The van der Waals surface area contributed by atoms with Gasteiger partial charge in [0.1, 0.15) is 5.76 Å². The van der Waals surface area contributed by atoms with Crippen LogP contribution in [-0.4, -0.2) is 19.5 Å². The fourth-order valence-electron chi connectivity index (χ4n) is 2.19. The van der Waals surface area contributed by atoms with E-state index in [-0.39, 0.29) is 5.91 Å². The van der Waals surface area contributed by atoms with Crippen molar-refractivity contribution in [3.05, 3.63) is 47.4 Å². The van der Waals surface area contributed by atoms with Crippen molar-refractivity contribution in [2.45, 2.75) is 20.4 Å². The van der Waals surface area contributed by atoms with Gasteiger partial charge in [-0.3, -0.25) is 4.79 Å². The van der Waals surface area contributed by atoms with Gasteiger partial charge in [0.2, 0.25) is 0 Å². The van der Waals surface area contributed by atoms with Crippen molar-refractivity contribution >= 4 is 17.3 Å². The summed E-state index contributed by atoms with van der Waals surface area (Å²) in [4.78, 5) is 13.9. The molecule has 3 N–H and O–H groups in total. The highest BCUT2D eigenvalue weighted by molar-refractivity contribution is 5.96. The van der Waals surface area contributed by atoms with Crippen molar-refractivity contribution in [3.8, 4) is 0 Å². The molecule has 1 aromatic heterocycles. The van der Waals surface area contributed by atoms with Crippen molar-refractivity contribution in [2.75, 3.05) is 24.2 Å². The number of aryl methyl sites for hydroxylation is 1. The second-order valence-corrected chi connectivity index (χ2v) is 4.99. The summed E-state index contributed by atoms with van der Waals surface area (Å²) in [7, 11) is 1.94. The van der Waals surface area contributed by atoms with Crippen LogP contribution in [0.25, 0.3) is 0 Å². The number of carbonyl (C=O) groups excluding carboxylic acids is 1. The third-order valence-electron chi connectivity index (χ3n) is 3.41. The van der Waals surface area contributed by atoms with E-state index in [9.17, 15) is 4.79 Å². The first-order chi connectivity index (χ1) is 10.0. The molecule has 21 heavy (non-hydrogen) atoms. The standard InChI is InChI=1S/C16H21N3O2/c1-4-18-16(20)12-5-6-14(17)15(9-12)19(3)10-13-7-8-21-11(13)2/h5-9H,4,10,17H2,1-3H3,(H,18,20). The minimum Gasteiger partial charge on any atom is -0.469 e. The summed E-state index contributed by atoms with van der Waals surface area (Å²) in [5.41, 5.74) is 9.22. The van der Waals surface area contributed by atoms with E-state index in [1.54, 1.807) is 18.4 Å². The molecular formula is C16H21N3O2. The normalized spacial score (nSPS) is 10.4. The van der Waals surface area contributed by atoms with Crippen LogP contribution in [0, 0.1) is 6.92 Å². The maximum absolute atomic E-state index is 11.9. The Morgan fingerprint density at radius 3 is 2.76 bits per heavy atom. The average Bonchev–Trinajstić information content (AvgIpc) is 2.85. The van der Waals surface area contributed by atoms with Crippen LogP contribution in [0.5, 0.6) is 0 Å². The number of furan rings is 1. The molecule has 2 rings (SSSR count). The van der Waals surface area contributed by atoms with Crippen LogP contribution < -0.4 is 16.0 Å². The van der Waals surface area contributed by atoms with E-state index in [0.717, 1.165) is 17.0 Å². The number of nitrogens with zero attached hydrogens (tertiary/aromatic N) is 1. The van der Waals surface area contributed by atoms with Gasteiger partial charge in [-0.2, -0.15) is 0 Å². The smallest absolute Gasteiger partial charge is 0.251 e. The van der Waals surface area contributed by atoms with Gasteiger partial charge in [0.25, 0.3) is 5.91 Å². The highest BCUT2D eigenvalue weighted by Gasteiger charge is 2.12. The molecule has 1 aromatic carbocycles. The number of carbonyl (C=O) groups is 1. The molecule has 1 amide bonds. The van der Waals surface area contributed by atoms with Crippen molar-refractivity contribution in [3.63, 3.8) is 0 Å². The monoisotopic (exact) mass is 287 g/mol. The van der Waals surface area contributed by atoms with Gasteiger partial charge in [-0.25, -0.2) is 0 Å². The molecule has 112 valence electrons. The Balaban J connectivity index is 2.23. The second-order valence-electron chi connectivity index (χ2n) is 4.99. The molecule has 0 spiro atoms. The number of amides is 1. The SMILES string of the molecule is CCNC(=O)c1ccc(N)c(N(C)Cc2ccoc2C)c1. The van der Waals surface area contributed by atoms with Gasteiger partial charge in [-0.15, -0.1) is 0 Å². The van der Waals surface area contributed by atoms with Gasteiger partial charge in [0, 0.05) is 31.3 Å². The molecule has 5 heteroatoms. The molecule has 0 fully saturated rings. The van der Waals surface area contributed by atoms with Crippen LogP contribution in [0.3, 0.4) is 0 Å². The molecule has 0 saturated heterocycles. The number of nitrogens with one attached hydrogen (secondary N) is 1. The summed E-state index contributed by atoms with van der Waals surface area (Å²) in [5.74, 6) is 0.798. The Hall–Kier alpha value is -2.43. The van der Waals surface area contributed by atoms with Crippen molar-refractivity contribution < 1.29 is 9.21 Å². The minimum atomic E-state index is -0.0911. The van der Waals surface area contributed by atoms with Crippen LogP contribution in [0.15, 0.2) is 34.9 Å². The summed E-state index contributed by atoms with van der Waals surface area (Å²) in [6.07, 6.45) is 1.67. The molecule has 1 heterocycles. The Bertz CT molecular complexity index is 634. The van der Waals surface area contributed by atoms with E-state index in [2.05, 4.69) is 5.32 Å². The number of nitrogens with two attached hydrogens (primary N) is 1. The molecule has 2 aromatic rings. The molecule has 0 aliphatic rings. The Labute approximate surface area is 124 Å². The van der Waals surface area contributed by atoms with Crippen molar-refractivity contribution in [1.82, 2.24) is 5.32 Å². The largest absolute Gasteiger partial charge is 0.469 e. The predicted molar refractivity (Wildman–Crippen MR) is 84.4 cm³/mol. The summed E-state index contributed by atoms with van der Waals surface area (Å²) < 4.78 is 5.30. The fourth-order valence-corrected chi connectivity index (χ4v) is 2.19. The first-order valence-corrected chi connectivity index (χ1v) is 6.94. The number of benzene rings is 1. The van der Waals surface area contributed by atoms with E-state index in [1.807, 2.05) is 37.9 Å². The maximum atomic E-state index is 11.9. The minimum absolute atomic E-state index is 0.0911. The zero-order chi connectivity index (χ0) is 15.4. The van der Waals surface area contributed by atoms with E-state index in [4.69, 9.17) is 10.2 Å². The van der Waals surface area contributed by atoms with Crippen LogP contribution in [0.4, 0.5) is 11.4 Å². The number of hydrogen-bond donors (Lipinski definition) is 2. The fraction of sp³-hybridized carbons (Fsp3) is 0.312.